The highest BCUT2D eigenvalue weighted by molar-refractivity contribution is 5.99. The molecule has 20 heavy (non-hydrogen) atoms. The number of benzene rings is 1. The number of carboxylic acids is 2. The number of hydrogen-bond donors (Lipinski definition) is 2. The third-order valence-corrected chi connectivity index (χ3v) is 2.81. The molecule has 104 valence electrons. The van der Waals surface area contributed by atoms with E-state index < -0.39 is 11.9 Å². The molecule has 0 aliphatic rings. The van der Waals surface area contributed by atoms with Crippen molar-refractivity contribution in [2.24, 2.45) is 0 Å². The number of rotatable bonds is 4. The minimum absolute atomic E-state index is 0.0946. The smallest absolute Gasteiger partial charge is 0.336 e. The number of carbonyl (C=O) groups is 2. The van der Waals surface area contributed by atoms with Gasteiger partial charge in [-0.15, -0.1) is 0 Å². The van der Waals surface area contributed by atoms with E-state index in [1.165, 1.54) is 6.07 Å². The molecule has 0 saturated heterocycles. The van der Waals surface area contributed by atoms with Crippen LogP contribution in [0, 0.1) is 6.92 Å². The second-order valence-electron chi connectivity index (χ2n) is 4.19. The van der Waals surface area contributed by atoms with Gasteiger partial charge in [0.25, 0.3) is 0 Å². The van der Waals surface area contributed by atoms with Crippen LogP contribution in [0.4, 0.5) is 0 Å². The van der Waals surface area contributed by atoms with E-state index in [2.05, 4.69) is 10.1 Å². The van der Waals surface area contributed by atoms with Gasteiger partial charge in [-0.3, -0.25) is 0 Å². The highest BCUT2D eigenvalue weighted by atomic mass is 16.5. The number of nitrogens with zero attached hydrogens (tertiary/aromatic N) is 2. The lowest BCUT2D eigenvalue weighted by atomic mass is 9.98. The van der Waals surface area contributed by atoms with Crippen LogP contribution in [-0.4, -0.2) is 32.3 Å². The minimum atomic E-state index is -1.24. The molecule has 0 saturated carbocycles. The van der Waals surface area contributed by atoms with Crippen LogP contribution in [-0.2, 0) is 6.42 Å². The predicted octanol–water partition coefficient (Wildman–Crippen LogP) is 2.00. The van der Waals surface area contributed by atoms with Crippen molar-refractivity contribution in [1.29, 1.82) is 0 Å². The highest BCUT2D eigenvalue weighted by Crippen LogP contribution is 2.27. The molecule has 0 spiro atoms. The van der Waals surface area contributed by atoms with Gasteiger partial charge in [0, 0.05) is 12.0 Å². The van der Waals surface area contributed by atoms with Gasteiger partial charge in [-0.1, -0.05) is 12.1 Å². The first-order valence-corrected chi connectivity index (χ1v) is 5.88. The van der Waals surface area contributed by atoms with Gasteiger partial charge in [0.1, 0.15) is 0 Å². The standard InChI is InChI=1S/C13H12N2O5/c1-3-9-14-11(15-20-9)10-6(2)4-7(12(16)17)5-8(10)13(18)19/h4-5H,3H2,1-2H3,(H,16,17)(H,18,19). The highest BCUT2D eigenvalue weighted by Gasteiger charge is 2.21. The van der Waals surface area contributed by atoms with Crippen LogP contribution < -0.4 is 0 Å². The first-order valence-electron chi connectivity index (χ1n) is 5.88. The molecule has 0 fully saturated rings. The third kappa shape index (κ3) is 2.37. The largest absolute Gasteiger partial charge is 0.478 e. The molecular formula is C13H12N2O5. The summed E-state index contributed by atoms with van der Waals surface area (Å²) in [6.45, 7) is 3.44. The second kappa shape index (κ2) is 5.12. The van der Waals surface area contributed by atoms with E-state index in [1.807, 2.05) is 6.92 Å². The first-order chi connectivity index (χ1) is 9.43. The number of hydrogen-bond acceptors (Lipinski definition) is 5. The monoisotopic (exact) mass is 276 g/mol. The van der Waals surface area contributed by atoms with Gasteiger partial charge in [-0.05, 0) is 24.6 Å². The van der Waals surface area contributed by atoms with Gasteiger partial charge in [0.2, 0.25) is 11.7 Å². The molecule has 0 radical (unpaired) electrons. The van der Waals surface area contributed by atoms with Crippen molar-refractivity contribution < 1.29 is 24.3 Å². The molecule has 1 heterocycles. The fraction of sp³-hybridized carbons (Fsp3) is 0.231. The molecule has 2 rings (SSSR count). The Morgan fingerprint density at radius 3 is 2.45 bits per heavy atom. The van der Waals surface area contributed by atoms with Crippen molar-refractivity contribution in [3.8, 4) is 11.4 Å². The minimum Gasteiger partial charge on any atom is -0.478 e. The van der Waals surface area contributed by atoms with Crippen molar-refractivity contribution in [3.05, 3.63) is 34.7 Å². The Hall–Kier alpha value is -2.70. The van der Waals surface area contributed by atoms with Gasteiger partial charge >= 0.3 is 11.9 Å². The Balaban J connectivity index is 2.68. The van der Waals surface area contributed by atoms with E-state index in [9.17, 15) is 14.7 Å². The maximum atomic E-state index is 11.3. The molecule has 0 aliphatic heterocycles. The van der Waals surface area contributed by atoms with Crippen LogP contribution in [0.3, 0.4) is 0 Å². The summed E-state index contributed by atoms with van der Waals surface area (Å²) in [7, 11) is 0. The maximum absolute atomic E-state index is 11.3. The molecule has 0 atom stereocenters. The first kappa shape index (κ1) is 13.7. The van der Waals surface area contributed by atoms with E-state index in [-0.39, 0.29) is 22.5 Å². The molecule has 2 aromatic rings. The second-order valence-corrected chi connectivity index (χ2v) is 4.19. The zero-order valence-corrected chi connectivity index (χ0v) is 10.9. The molecule has 1 aromatic heterocycles. The van der Waals surface area contributed by atoms with Gasteiger partial charge in [-0.2, -0.15) is 4.98 Å². The molecular weight excluding hydrogens is 264 g/mol. The van der Waals surface area contributed by atoms with Gasteiger partial charge in [-0.25, -0.2) is 9.59 Å². The molecule has 2 N–H and O–H groups in total. The van der Waals surface area contributed by atoms with Crippen LogP contribution in [0.1, 0.15) is 39.1 Å². The Labute approximate surface area is 113 Å². The average Bonchev–Trinajstić information content (AvgIpc) is 2.85. The molecule has 0 amide bonds. The SMILES string of the molecule is CCc1nc(-c2c(C)cc(C(=O)O)cc2C(=O)O)no1. The molecule has 7 nitrogen and oxygen atoms in total. The van der Waals surface area contributed by atoms with Crippen molar-refractivity contribution in [3.63, 3.8) is 0 Å². The van der Waals surface area contributed by atoms with E-state index >= 15 is 0 Å². The summed E-state index contributed by atoms with van der Waals surface area (Å²) in [5.74, 6) is -1.90. The van der Waals surface area contributed by atoms with Crippen LogP contribution in [0.2, 0.25) is 0 Å². The van der Waals surface area contributed by atoms with Crippen molar-refractivity contribution in [1.82, 2.24) is 10.1 Å². The van der Waals surface area contributed by atoms with Gasteiger partial charge in [0.15, 0.2) is 0 Å². The zero-order valence-electron chi connectivity index (χ0n) is 10.9. The topological polar surface area (TPSA) is 114 Å². The molecule has 0 unspecified atom stereocenters. The van der Waals surface area contributed by atoms with Crippen molar-refractivity contribution in [2.75, 3.05) is 0 Å². The normalized spacial score (nSPS) is 10.5. The van der Waals surface area contributed by atoms with Crippen LogP contribution in [0.5, 0.6) is 0 Å². The molecule has 7 heteroatoms. The van der Waals surface area contributed by atoms with Gasteiger partial charge < -0.3 is 14.7 Å². The number of aromatic nitrogens is 2. The summed E-state index contributed by atoms with van der Waals surface area (Å²) in [4.78, 5) is 26.4. The van der Waals surface area contributed by atoms with Crippen molar-refractivity contribution >= 4 is 11.9 Å². The fourth-order valence-electron chi connectivity index (χ4n) is 1.88. The lowest BCUT2D eigenvalue weighted by Crippen LogP contribution is -2.07. The zero-order chi connectivity index (χ0) is 14.9. The lowest BCUT2D eigenvalue weighted by Gasteiger charge is -2.07. The van der Waals surface area contributed by atoms with Crippen LogP contribution >= 0.6 is 0 Å². The van der Waals surface area contributed by atoms with E-state index in [4.69, 9.17) is 9.63 Å². The Bertz CT molecular complexity index is 690. The molecule has 0 aliphatic carbocycles. The average molecular weight is 276 g/mol. The van der Waals surface area contributed by atoms with E-state index in [0.29, 0.717) is 17.9 Å². The van der Waals surface area contributed by atoms with E-state index in [1.54, 1.807) is 6.92 Å². The quantitative estimate of drug-likeness (QED) is 0.877. The summed E-state index contributed by atoms with van der Waals surface area (Å²) in [6.07, 6.45) is 0.529. The summed E-state index contributed by atoms with van der Waals surface area (Å²) < 4.78 is 4.97. The Kier molecular flexibility index (Phi) is 3.51. The number of aromatic carboxylic acids is 2. The fourth-order valence-corrected chi connectivity index (χ4v) is 1.88. The van der Waals surface area contributed by atoms with Crippen molar-refractivity contribution in [2.45, 2.75) is 20.3 Å². The Morgan fingerprint density at radius 2 is 1.95 bits per heavy atom. The molecule has 1 aromatic carbocycles. The lowest BCUT2D eigenvalue weighted by molar-refractivity contribution is 0.0696. The summed E-state index contributed by atoms with van der Waals surface area (Å²) >= 11 is 0. The van der Waals surface area contributed by atoms with Crippen LogP contribution in [0.15, 0.2) is 16.7 Å². The third-order valence-electron chi connectivity index (χ3n) is 2.81. The predicted molar refractivity (Wildman–Crippen MR) is 67.8 cm³/mol. The summed E-state index contributed by atoms with van der Waals surface area (Å²) in [5, 5.41) is 22.0. The maximum Gasteiger partial charge on any atom is 0.336 e. The molecule has 0 bridgehead atoms. The van der Waals surface area contributed by atoms with E-state index in [0.717, 1.165) is 6.07 Å². The number of aryl methyl sites for hydroxylation is 2. The summed E-state index contributed by atoms with van der Waals surface area (Å²) in [6, 6.07) is 2.47. The Morgan fingerprint density at radius 1 is 1.25 bits per heavy atom. The van der Waals surface area contributed by atoms with Crippen LogP contribution in [0.25, 0.3) is 11.4 Å². The summed E-state index contributed by atoms with van der Waals surface area (Å²) in [5.41, 5.74) is 0.477. The van der Waals surface area contributed by atoms with Gasteiger partial charge in [0.05, 0.1) is 11.1 Å². The number of carboxylic acid groups (broad SMARTS) is 2.